The summed E-state index contributed by atoms with van der Waals surface area (Å²) in [5, 5.41) is 0. The Kier molecular flexibility index (Phi) is 2.49. The van der Waals surface area contributed by atoms with Crippen molar-refractivity contribution < 1.29 is 9.21 Å². The minimum absolute atomic E-state index is 0.294. The summed E-state index contributed by atoms with van der Waals surface area (Å²) >= 11 is 0. The summed E-state index contributed by atoms with van der Waals surface area (Å²) in [5.74, 6) is 3.85. The number of benzene rings is 1. The lowest BCUT2D eigenvalue weighted by Gasteiger charge is -2.09. The Bertz CT molecular complexity index is 584. The van der Waals surface area contributed by atoms with Gasteiger partial charge < -0.3 is 4.42 Å². The van der Waals surface area contributed by atoms with E-state index in [9.17, 15) is 9.59 Å². The number of oxazole rings is 1. The van der Waals surface area contributed by atoms with Crippen molar-refractivity contribution in [1.82, 2.24) is 10.4 Å². The molecule has 0 aliphatic carbocycles. The summed E-state index contributed by atoms with van der Waals surface area (Å²) in [6.45, 7) is 1.72. The molecule has 0 aliphatic heterocycles. The number of carbonyl (C=O) groups is 1. The number of hydrogen-bond donors (Lipinski definition) is 3. The average molecular weight is 221 g/mol. The number of nitrogens with two attached hydrogens (primary N) is 1. The molecule has 0 spiro atoms. The minimum atomic E-state index is -0.511. The second-order valence-electron chi connectivity index (χ2n) is 3.50. The number of amides is 1. The lowest BCUT2D eigenvalue weighted by atomic mass is 10.0. The Balaban J connectivity index is 2.46. The molecule has 1 aromatic heterocycles. The van der Waals surface area contributed by atoms with Crippen molar-refractivity contribution >= 4 is 17.0 Å². The lowest BCUT2D eigenvalue weighted by Crippen LogP contribution is -2.33. The van der Waals surface area contributed by atoms with Crippen LogP contribution in [0.5, 0.6) is 0 Å². The van der Waals surface area contributed by atoms with Crippen molar-refractivity contribution in [3.8, 4) is 0 Å². The van der Waals surface area contributed by atoms with Crippen molar-refractivity contribution in [3.05, 3.63) is 34.3 Å². The van der Waals surface area contributed by atoms with Crippen molar-refractivity contribution in [3.63, 3.8) is 0 Å². The fourth-order valence-electron chi connectivity index (χ4n) is 1.51. The van der Waals surface area contributed by atoms with Crippen LogP contribution in [0.2, 0.25) is 0 Å². The van der Waals surface area contributed by atoms with Gasteiger partial charge in [-0.2, -0.15) is 0 Å². The van der Waals surface area contributed by atoms with Crippen LogP contribution in [0.25, 0.3) is 11.1 Å². The molecule has 0 radical (unpaired) electrons. The summed E-state index contributed by atoms with van der Waals surface area (Å²) < 4.78 is 4.90. The van der Waals surface area contributed by atoms with Gasteiger partial charge in [0.2, 0.25) is 5.91 Å². The maximum Gasteiger partial charge on any atom is 0.417 e. The number of carbonyl (C=O) groups excluding carboxylic acids is 1. The molecule has 0 saturated heterocycles. The topological polar surface area (TPSA) is 101 Å². The lowest BCUT2D eigenvalue weighted by molar-refractivity contribution is -0.122. The third-order valence-corrected chi connectivity index (χ3v) is 2.48. The third kappa shape index (κ3) is 1.70. The minimum Gasteiger partial charge on any atom is -0.408 e. The number of hydrogen-bond acceptors (Lipinski definition) is 4. The highest BCUT2D eigenvalue weighted by Gasteiger charge is 2.15. The predicted octanol–water partition coefficient (Wildman–Crippen LogP) is 0.214. The number of hydrazine groups is 1. The molecule has 84 valence electrons. The molecule has 2 rings (SSSR count). The van der Waals surface area contributed by atoms with E-state index < -0.39 is 11.7 Å². The van der Waals surface area contributed by atoms with Crippen LogP contribution < -0.4 is 17.0 Å². The molecule has 6 nitrogen and oxygen atoms in total. The molecule has 6 heteroatoms. The molecule has 0 bridgehead atoms. The van der Waals surface area contributed by atoms with E-state index in [-0.39, 0.29) is 5.91 Å². The van der Waals surface area contributed by atoms with Crippen molar-refractivity contribution in [2.45, 2.75) is 12.8 Å². The van der Waals surface area contributed by atoms with Crippen molar-refractivity contribution in [1.29, 1.82) is 0 Å². The van der Waals surface area contributed by atoms with Crippen LogP contribution in [0, 0.1) is 0 Å². The summed E-state index contributed by atoms with van der Waals surface area (Å²) in [5.41, 5.74) is 3.85. The number of rotatable bonds is 2. The average Bonchev–Trinajstić information content (AvgIpc) is 2.65. The van der Waals surface area contributed by atoms with Gasteiger partial charge in [-0.15, -0.1) is 0 Å². The monoisotopic (exact) mass is 221 g/mol. The molecule has 1 unspecified atom stereocenters. The molecule has 2 aromatic rings. The van der Waals surface area contributed by atoms with Gasteiger partial charge in [0.1, 0.15) is 0 Å². The van der Waals surface area contributed by atoms with E-state index in [0.29, 0.717) is 11.1 Å². The SMILES string of the molecule is CC(C(=O)NN)c1ccc2[nH]c(=O)oc2c1. The summed E-state index contributed by atoms with van der Waals surface area (Å²) in [6, 6.07) is 5.08. The zero-order valence-corrected chi connectivity index (χ0v) is 8.61. The van der Waals surface area contributed by atoms with Gasteiger partial charge in [-0.1, -0.05) is 6.07 Å². The standard InChI is InChI=1S/C10H11N3O3/c1-5(9(14)13-11)6-2-3-7-8(4-6)16-10(15)12-7/h2-5H,11H2,1H3,(H,12,15)(H,13,14). The molecule has 1 amide bonds. The normalized spacial score (nSPS) is 12.6. The van der Waals surface area contributed by atoms with E-state index in [0.717, 1.165) is 5.56 Å². The summed E-state index contributed by atoms with van der Waals surface area (Å²) in [7, 11) is 0. The predicted molar refractivity (Wildman–Crippen MR) is 57.6 cm³/mol. The van der Waals surface area contributed by atoms with Crippen molar-refractivity contribution in [2.24, 2.45) is 5.84 Å². The fourth-order valence-corrected chi connectivity index (χ4v) is 1.51. The molecular weight excluding hydrogens is 210 g/mol. The van der Waals surface area contributed by atoms with E-state index in [1.54, 1.807) is 25.1 Å². The highest BCUT2D eigenvalue weighted by Crippen LogP contribution is 2.19. The van der Waals surface area contributed by atoms with Crippen LogP contribution in [0.1, 0.15) is 18.4 Å². The van der Waals surface area contributed by atoms with Crippen LogP contribution in [0.4, 0.5) is 0 Å². The number of nitrogens with one attached hydrogen (secondary N) is 2. The molecule has 1 aromatic carbocycles. The van der Waals surface area contributed by atoms with Crippen LogP contribution in [-0.2, 0) is 4.79 Å². The smallest absolute Gasteiger partial charge is 0.408 e. The molecule has 1 heterocycles. The van der Waals surface area contributed by atoms with E-state index in [2.05, 4.69) is 10.4 Å². The van der Waals surface area contributed by atoms with Gasteiger partial charge in [0.25, 0.3) is 0 Å². The first-order valence-electron chi connectivity index (χ1n) is 4.75. The molecule has 4 N–H and O–H groups in total. The molecule has 0 fully saturated rings. The maximum atomic E-state index is 11.3. The number of aromatic amines is 1. The molecular formula is C10H11N3O3. The largest absolute Gasteiger partial charge is 0.417 e. The van der Waals surface area contributed by atoms with Gasteiger partial charge in [0.15, 0.2) is 5.58 Å². The summed E-state index contributed by atoms with van der Waals surface area (Å²) in [4.78, 5) is 24.8. The summed E-state index contributed by atoms with van der Waals surface area (Å²) in [6.07, 6.45) is 0. The molecule has 0 aliphatic rings. The Morgan fingerprint density at radius 3 is 3.00 bits per heavy atom. The van der Waals surface area contributed by atoms with Gasteiger partial charge in [-0.3, -0.25) is 15.2 Å². The number of fused-ring (bicyclic) bond motifs is 1. The van der Waals surface area contributed by atoms with E-state index >= 15 is 0 Å². The van der Waals surface area contributed by atoms with Crippen molar-refractivity contribution in [2.75, 3.05) is 0 Å². The van der Waals surface area contributed by atoms with E-state index in [4.69, 9.17) is 10.3 Å². The fraction of sp³-hybridized carbons (Fsp3) is 0.200. The second-order valence-corrected chi connectivity index (χ2v) is 3.50. The zero-order valence-electron chi connectivity index (χ0n) is 8.61. The van der Waals surface area contributed by atoms with Crippen LogP contribution >= 0.6 is 0 Å². The number of H-pyrrole nitrogens is 1. The quantitative estimate of drug-likeness (QED) is 0.383. The first-order valence-corrected chi connectivity index (χ1v) is 4.75. The van der Waals surface area contributed by atoms with Gasteiger partial charge in [-0.25, -0.2) is 10.6 Å². The molecule has 1 atom stereocenters. The third-order valence-electron chi connectivity index (χ3n) is 2.48. The van der Waals surface area contributed by atoms with Gasteiger partial charge >= 0.3 is 5.76 Å². The Labute approximate surface area is 90.4 Å². The second kappa shape index (κ2) is 3.82. The van der Waals surface area contributed by atoms with E-state index in [1.165, 1.54) is 0 Å². The Morgan fingerprint density at radius 1 is 1.56 bits per heavy atom. The Hall–Kier alpha value is -2.08. The van der Waals surface area contributed by atoms with Crippen LogP contribution in [0.3, 0.4) is 0 Å². The van der Waals surface area contributed by atoms with Gasteiger partial charge in [0, 0.05) is 0 Å². The molecule has 0 saturated carbocycles. The van der Waals surface area contributed by atoms with Gasteiger partial charge in [-0.05, 0) is 24.6 Å². The highest BCUT2D eigenvalue weighted by molar-refractivity contribution is 5.84. The van der Waals surface area contributed by atoms with Crippen LogP contribution in [0.15, 0.2) is 27.4 Å². The van der Waals surface area contributed by atoms with Gasteiger partial charge in [0.05, 0.1) is 11.4 Å². The highest BCUT2D eigenvalue weighted by atomic mass is 16.4. The first kappa shape index (κ1) is 10.4. The van der Waals surface area contributed by atoms with E-state index in [1.807, 2.05) is 0 Å². The Morgan fingerprint density at radius 2 is 2.31 bits per heavy atom. The molecule has 16 heavy (non-hydrogen) atoms. The maximum absolute atomic E-state index is 11.3. The van der Waals surface area contributed by atoms with Crippen LogP contribution in [-0.4, -0.2) is 10.9 Å². The first-order chi connectivity index (χ1) is 7.61. The zero-order chi connectivity index (χ0) is 11.7. The number of aromatic nitrogens is 1.